The van der Waals surface area contributed by atoms with Gasteiger partial charge in [0.15, 0.2) is 11.5 Å². The van der Waals surface area contributed by atoms with Crippen LogP contribution in [0.3, 0.4) is 0 Å². The number of benzene rings is 2. The molecule has 0 aliphatic carbocycles. The van der Waals surface area contributed by atoms with Crippen molar-refractivity contribution in [1.82, 2.24) is 0 Å². The Morgan fingerprint density at radius 3 is 2.24 bits per heavy atom. The van der Waals surface area contributed by atoms with Crippen LogP contribution in [0.25, 0.3) is 0 Å². The van der Waals surface area contributed by atoms with Crippen LogP contribution < -0.4 is 14.8 Å². The third-order valence-corrected chi connectivity index (χ3v) is 3.87. The number of methoxy groups -OCH3 is 2. The second-order valence-corrected chi connectivity index (χ2v) is 5.53. The van der Waals surface area contributed by atoms with Crippen LogP contribution >= 0.6 is 34.8 Å². The summed E-state index contributed by atoms with van der Waals surface area (Å²) >= 11 is 18.3. The Morgan fingerprint density at radius 1 is 0.905 bits per heavy atom. The molecule has 0 bridgehead atoms. The standard InChI is InChI=1S/C15H14Cl3NO2/c1-20-14-6-12(18)13(7-15(14)21-2)19-8-9-5-10(16)3-4-11(9)17/h3-7,19H,8H2,1-2H3. The summed E-state index contributed by atoms with van der Waals surface area (Å²) in [7, 11) is 3.14. The highest BCUT2D eigenvalue weighted by Crippen LogP contribution is 2.36. The van der Waals surface area contributed by atoms with Crippen LogP contribution in [0.5, 0.6) is 11.5 Å². The largest absolute Gasteiger partial charge is 0.493 e. The van der Waals surface area contributed by atoms with Crippen molar-refractivity contribution in [3.05, 3.63) is 51.0 Å². The molecule has 0 heterocycles. The lowest BCUT2D eigenvalue weighted by Crippen LogP contribution is -2.02. The number of nitrogens with one attached hydrogen (secondary N) is 1. The number of hydrogen-bond donors (Lipinski definition) is 1. The van der Waals surface area contributed by atoms with Gasteiger partial charge in [-0.15, -0.1) is 0 Å². The van der Waals surface area contributed by atoms with Crippen LogP contribution in [0.15, 0.2) is 30.3 Å². The Balaban J connectivity index is 2.21. The van der Waals surface area contributed by atoms with E-state index in [1.54, 1.807) is 38.5 Å². The Labute approximate surface area is 138 Å². The molecule has 0 radical (unpaired) electrons. The third-order valence-electron chi connectivity index (χ3n) is 2.95. The van der Waals surface area contributed by atoms with Crippen LogP contribution in [-0.2, 0) is 6.54 Å². The first-order valence-corrected chi connectivity index (χ1v) is 7.28. The molecule has 0 saturated heterocycles. The summed E-state index contributed by atoms with van der Waals surface area (Å²) in [6, 6.07) is 8.79. The van der Waals surface area contributed by atoms with Crippen LogP contribution in [-0.4, -0.2) is 14.2 Å². The van der Waals surface area contributed by atoms with Crippen molar-refractivity contribution in [2.24, 2.45) is 0 Å². The van der Waals surface area contributed by atoms with Gasteiger partial charge in [-0.3, -0.25) is 0 Å². The lowest BCUT2D eigenvalue weighted by Gasteiger charge is -2.14. The van der Waals surface area contributed by atoms with Gasteiger partial charge in [-0.1, -0.05) is 34.8 Å². The Morgan fingerprint density at radius 2 is 1.57 bits per heavy atom. The fraction of sp³-hybridized carbons (Fsp3) is 0.200. The van der Waals surface area contributed by atoms with Gasteiger partial charge in [0.05, 0.1) is 24.9 Å². The molecule has 21 heavy (non-hydrogen) atoms. The quantitative estimate of drug-likeness (QED) is 0.799. The minimum atomic E-state index is 0.495. The summed E-state index contributed by atoms with van der Waals surface area (Å²) in [5.41, 5.74) is 1.61. The predicted octanol–water partition coefficient (Wildman–Crippen LogP) is 5.28. The number of ether oxygens (including phenoxy) is 2. The van der Waals surface area contributed by atoms with E-state index in [0.29, 0.717) is 33.1 Å². The van der Waals surface area contributed by atoms with Crippen LogP contribution in [0.1, 0.15) is 5.56 Å². The molecule has 0 aliphatic heterocycles. The summed E-state index contributed by atoms with van der Waals surface area (Å²) < 4.78 is 10.4. The van der Waals surface area contributed by atoms with Crippen LogP contribution in [0.4, 0.5) is 5.69 Å². The maximum atomic E-state index is 6.22. The summed E-state index contributed by atoms with van der Waals surface area (Å²) in [6.45, 7) is 0.495. The SMILES string of the molecule is COc1cc(Cl)c(NCc2cc(Cl)ccc2Cl)cc1OC. The second-order valence-electron chi connectivity index (χ2n) is 4.28. The average molecular weight is 347 g/mol. The lowest BCUT2D eigenvalue weighted by molar-refractivity contribution is 0.355. The highest BCUT2D eigenvalue weighted by atomic mass is 35.5. The van der Waals surface area contributed by atoms with Gasteiger partial charge < -0.3 is 14.8 Å². The van der Waals surface area contributed by atoms with Crippen molar-refractivity contribution in [3.8, 4) is 11.5 Å². The van der Waals surface area contributed by atoms with Gasteiger partial charge in [0.2, 0.25) is 0 Å². The van der Waals surface area contributed by atoms with E-state index in [2.05, 4.69) is 5.32 Å². The smallest absolute Gasteiger partial charge is 0.162 e. The van der Waals surface area contributed by atoms with E-state index in [-0.39, 0.29) is 0 Å². The van der Waals surface area contributed by atoms with Crippen molar-refractivity contribution in [2.45, 2.75) is 6.54 Å². The molecule has 3 nitrogen and oxygen atoms in total. The number of halogens is 3. The zero-order valence-corrected chi connectivity index (χ0v) is 13.8. The van der Waals surface area contributed by atoms with Gasteiger partial charge >= 0.3 is 0 Å². The molecule has 1 N–H and O–H groups in total. The topological polar surface area (TPSA) is 30.5 Å². The molecule has 0 saturated carbocycles. The van der Waals surface area contributed by atoms with E-state index in [9.17, 15) is 0 Å². The molecule has 2 aromatic carbocycles. The molecule has 0 amide bonds. The van der Waals surface area contributed by atoms with Gasteiger partial charge in [-0.05, 0) is 23.8 Å². The van der Waals surface area contributed by atoms with Crippen LogP contribution in [0.2, 0.25) is 15.1 Å². The molecule has 0 aliphatic rings. The Kier molecular flexibility index (Phi) is 5.45. The van der Waals surface area contributed by atoms with E-state index >= 15 is 0 Å². The number of rotatable bonds is 5. The molecule has 0 aromatic heterocycles. The zero-order valence-electron chi connectivity index (χ0n) is 11.5. The number of anilines is 1. The average Bonchev–Trinajstić information content (AvgIpc) is 2.48. The lowest BCUT2D eigenvalue weighted by atomic mass is 10.2. The molecule has 2 aromatic rings. The Hall–Kier alpha value is -1.29. The summed E-state index contributed by atoms with van der Waals surface area (Å²) in [5.74, 6) is 1.18. The summed E-state index contributed by atoms with van der Waals surface area (Å²) in [6.07, 6.45) is 0. The molecule has 0 spiro atoms. The van der Waals surface area contributed by atoms with E-state index in [0.717, 1.165) is 11.3 Å². The molecule has 0 fully saturated rings. The highest BCUT2D eigenvalue weighted by Gasteiger charge is 2.10. The first-order chi connectivity index (χ1) is 10.0. The monoisotopic (exact) mass is 345 g/mol. The van der Waals surface area contributed by atoms with Crippen molar-refractivity contribution < 1.29 is 9.47 Å². The minimum Gasteiger partial charge on any atom is -0.493 e. The van der Waals surface area contributed by atoms with Gasteiger partial charge in [0.25, 0.3) is 0 Å². The van der Waals surface area contributed by atoms with Crippen molar-refractivity contribution in [3.63, 3.8) is 0 Å². The minimum absolute atomic E-state index is 0.495. The molecule has 0 atom stereocenters. The number of hydrogen-bond acceptors (Lipinski definition) is 3. The Bertz CT molecular complexity index is 647. The molecule has 2 rings (SSSR count). The molecule has 6 heteroatoms. The fourth-order valence-electron chi connectivity index (χ4n) is 1.86. The van der Waals surface area contributed by atoms with Gasteiger partial charge in [0, 0.05) is 28.7 Å². The maximum Gasteiger partial charge on any atom is 0.162 e. The van der Waals surface area contributed by atoms with E-state index in [1.807, 2.05) is 6.07 Å². The molecule has 0 unspecified atom stereocenters. The highest BCUT2D eigenvalue weighted by molar-refractivity contribution is 6.34. The zero-order chi connectivity index (χ0) is 15.4. The van der Waals surface area contributed by atoms with Crippen molar-refractivity contribution in [2.75, 3.05) is 19.5 Å². The predicted molar refractivity (Wildman–Crippen MR) is 88.3 cm³/mol. The maximum absolute atomic E-state index is 6.22. The van der Waals surface area contributed by atoms with Crippen molar-refractivity contribution in [1.29, 1.82) is 0 Å². The van der Waals surface area contributed by atoms with Crippen molar-refractivity contribution >= 4 is 40.5 Å². The van der Waals surface area contributed by atoms with Gasteiger partial charge in [-0.2, -0.15) is 0 Å². The first kappa shape index (κ1) is 16.1. The van der Waals surface area contributed by atoms with E-state index in [1.165, 1.54) is 0 Å². The molecular formula is C15H14Cl3NO2. The molecular weight excluding hydrogens is 333 g/mol. The fourth-order valence-corrected chi connectivity index (χ4v) is 2.46. The first-order valence-electron chi connectivity index (χ1n) is 6.14. The van der Waals surface area contributed by atoms with Gasteiger partial charge in [0.1, 0.15) is 0 Å². The summed E-state index contributed by atoms with van der Waals surface area (Å²) in [4.78, 5) is 0. The summed E-state index contributed by atoms with van der Waals surface area (Å²) in [5, 5.41) is 5.02. The second kappa shape index (κ2) is 7.12. The molecule has 112 valence electrons. The van der Waals surface area contributed by atoms with E-state index < -0.39 is 0 Å². The van der Waals surface area contributed by atoms with Crippen LogP contribution in [0, 0.1) is 0 Å². The van der Waals surface area contributed by atoms with E-state index in [4.69, 9.17) is 44.3 Å². The van der Waals surface area contributed by atoms with Gasteiger partial charge in [-0.25, -0.2) is 0 Å². The third kappa shape index (κ3) is 3.88. The normalized spacial score (nSPS) is 10.3.